The first-order valence-corrected chi connectivity index (χ1v) is 6.64. The number of hydrogen-bond acceptors (Lipinski definition) is 3. The average Bonchev–Trinajstić information content (AvgIpc) is 2.32. The molecule has 0 radical (unpaired) electrons. The summed E-state index contributed by atoms with van der Waals surface area (Å²) in [4.78, 5) is 8.91. The summed E-state index contributed by atoms with van der Waals surface area (Å²) >= 11 is 3.52. The maximum absolute atomic E-state index is 5.86. The Kier molecular flexibility index (Phi) is 3.78. The summed E-state index contributed by atoms with van der Waals surface area (Å²) in [5.41, 5.74) is 9.99. The minimum absolute atomic E-state index is 0.0381. The van der Waals surface area contributed by atoms with Crippen LogP contribution in [-0.4, -0.2) is 9.97 Å². The van der Waals surface area contributed by atoms with Gasteiger partial charge in [-0.3, -0.25) is 0 Å². The van der Waals surface area contributed by atoms with Crippen LogP contribution >= 0.6 is 15.9 Å². The molecule has 0 spiro atoms. The van der Waals surface area contributed by atoms with Crippen molar-refractivity contribution < 1.29 is 0 Å². The highest BCUT2D eigenvalue weighted by Crippen LogP contribution is 2.24. The van der Waals surface area contributed by atoms with Crippen molar-refractivity contribution in [3.63, 3.8) is 0 Å². The van der Waals surface area contributed by atoms with Crippen LogP contribution in [0.4, 0.5) is 0 Å². The normalized spacial score (nSPS) is 12.5. The molecule has 0 fully saturated rings. The fraction of sp³-hybridized carbons (Fsp3) is 0.286. The highest BCUT2D eigenvalue weighted by Gasteiger charge is 2.09. The second-order valence-electron chi connectivity index (χ2n) is 4.49. The van der Waals surface area contributed by atoms with Crippen LogP contribution in [-0.2, 0) is 0 Å². The predicted octanol–water partition coefficient (Wildman–Crippen LogP) is 3.54. The first kappa shape index (κ1) is 13.2. The van der Waals surface area contributed by atoms with Crippen molar-refractivity contribution in [3.05, 3.63) is 45.7 Å². The summed E-state index contributed by atoms with van der Waals surface area (Å²) in [5, 5.41) is 0. The van der Waals surface area contributed by atoms with E-state index in [0.717, 1.165) is 27.1 Å². The van der Waals surface area contributed by atoms with Gasteiger partial charge in [0.25, 0.3) is 0 Å². The minimum Gasteiger partial charge on any atom is -0.324 e. The van der Waals surface area contributed by atoms with Crippen molar-refractivity contribution in [2.24, 2.45) is 5.73 Å². The van der Waals surface area contributed by atoms with Gasteiger partial charge in [-0.2, -0.15) is 0 Å². The van der Waals surface area contributed by atoms with Gasteiger partial charge in [-0.25, -0.2) is 9.97 Å². The van der Waals surface area contributed by atoms with Crippen LogP contribution in [0.1, 0.15) is 29.8 Å². The van der Waals surface area contributed by atoms with Crippen LogP contribution in [0.2, 0.25) is 0 Å². The number of nitrogens with zero attached hydrogens (tertiary/aromatic N) is 2. The van der Waals surface area contributed by atoms with E-state index in [9.17, 15) is 0 Å². The summed E-state index contributed by atoms with van der Waals surface area (Å²) in [6.07, 6.45) is 1.82. The summed E-state index contributed by atoms with van der Waals surface area (Å²) in [6.45, 7) is 5.96. The molecule has 1 heterocycles. The van der Waals surface area contributed by atoms with Gasteiger partial charge in [0.15, 0.2) is 5.82 Å². The third kappa shape index (κ3) is 2.60. The number of benzene rings is 1. The first-order valence-electron chi connectivity index (χ1n) is 5.84. The SMILES string of the molecule is Cc1ccc(-c2ncc(C(C)N)c(C)n2)cc1Br. The first-order chi connectivity index (χ1) is 8.49. The zero-order valence-corrected chi connectivity index (χ0v) is 12.3. The van der Waals surface area contributed by atoms with Gasteiger partial charge in [0.05, 0.1) is 0 Å². The number of hydrogen-bond donors (Lipinski definition) is 1. The van der Waals surface area contributed by atoms with Crippen LogP contribution in [0, 0.1) is 13.8 Å². The van der Waals surface area contributed by atoms with Crippen molar-refractivity contribution >= 4 is 15.9 Å². The third-order valence-electron chi connectivity index (χ3n) is 2.94. The van der Waals surface area contributed by atoms with E-state index in [4.69, 9.17) is 5.73 Å². The molecule has 3 nitrogen and oxygen atoms in total. The van der Waals surface area contributed by atoms with Gasteiger partial charge < -0.3 is 5.73 Å². The molecule has 1 unspecified atom stereocenters. The number of rotatable bonds is 2. The van der Waals surface area contributed by atoms with E-state index in [-0.39, 0.29) is 6.04 Å². The molecule has 0 bridgehead atoms. The average molecular weight is 306 g/mol. The molecule has 94 valence electrons. The van der Waals surface area contributed by atoms with Crippen LogP contribution in [0.3, 0.4) is 0 Å². The molecule has 0 aliphatic rings. The van der Waals surface area contributed by atoms with E-state index >= 15 is 0 Å². The molecule has 0 aliphatic carbocycles. The molecule has 1 aromatic heterocycles. The molecule has 0 amide bonds. The third-order valence-corrected chi connectivity index (χ3v) is 3.79. The van der Waals surface area contributed by atoms with E-state index in [1.54, 1.807) is 0 Å². The zero-order valence-electron chi connectivity index (χ0n) is 10.7. The van der Waals surface area contributed by atoms with E-state index in [1.165, 1.54) is 5.56 Å². The maximum Gasteiger partial charge on any atom is 0.159 e. The highest BCUT2D eigenvalue weighted by molar-refractivity contribution is 9.10. The van der Waals surface area contributed by atoms with Gasteiger partial charge >= 0.3 is 0 Å². The fourth-order valence-corrected chi connectivity index (χ4v) is 2.17. The fourth-order valence-electron chi connectivity index (χ4n) is 1.79. The molecule has 0 aliphatic heterocycles. The van der Waals surface area contributed by atoms with E-state index < -0.39 is 0 Å². The van der Waals surface area contributed by atoms with E-state index in [0.29, 0.717) is 0 Å². The van der Waals surface area contributed by atoms with Crippen molar-refractivity contribution in [1.82, 2.24) is 9.97 Å². The molecule has 2 aromatic rings. The van der Waals surface area contributed by atoms with Gasteiger partial charge in [0.1, 0.15) is 0 Å². The lowest BCUT2D eigenvalue weighted by Gasteiger charge is -2.10. The number of aromatic nitrogens is 2. The lowest BCUT2D eigenvalue weighted by Crippen LogP contribution is -2.09. The lowest BCUT2D eigenvalue weighted by molar-refractivity contribution is 0.790. The number of aryl methyl sites for hydroxylation is 2. The maximum atomic E-state index is 5.86. The van der Waals surface area contributed by atoms with Crippen LogP contribution in [0.15, 0.2) is 28.9 Å². The molecule has 2 rings (SSSR count). The Morgan fingerprint density at radius 3 is 2.56 bits per heavy atom. The smallest absolute Gasteiger partial charge is 0.159 e. The lowest BCUT2D eigenvalue weighted by atomic mass is 10.1. The van der Waals surface area contributed by atoms with Crippen LogP contribution < -0.4 is 5.73 Å². The Bertz CT molecular complexity index is 579. The molecule has 4 heteroatoms. The topological polar surface area (TPSA) is 51.8 Å². The molecule has 18 heavy (non-hydrogen) atoms. The Hall–Kier alpha value is -1.26. The summed E-state index contributed by atoms with van der Waals surface area (Å²) in [6, 6.07) is 6.08. The highest BCUT2D eigenvalue weighted by atomic mass is 79.9. The van der Waals surface area contributed by atoms with Gasteiger partial charge in [-0.05, 0) is 32.4 Å². The largest absolute Gasteiger partial charge is 0.324 e. The van der Waals surface area contributed by atoms with Crippen molar-refractivity contribution in [3.8, 4) is 11.4 Å². The van der Waals surface area contributed by atoms with Crippen LogP contribution in [0.5, 0.6) is 0 Å². The molecule has 0 saturated carbocycles. The Morgan fingerprint density at radius 2 is 2.00 bits per heavy atom. The Morgan fingerprint density at radius 1 is 1.28 bits per heavy atom. The van der Waals surface area contributed by atoms with E-state index in [1.807, 2.05) is 32.2 Å². The summed E-state index contributed by atoms with van der Waals surface area (Å²) < 4.78 is 1.07. The quantitative estimate of drug-likeness (QED) is 0.923. The predicted molar refractivity (Wildman–Crippen MR) is 77.2 cm³/mol. The molecule has 1 atom stereocenters. The van der Waals surface area contributed by atoms with Crippen molar-refractivity contribution in [2.75, 3.05) is 0 Å². The van der Waals surface area contributed by atoms with E-state index in [2.05, 4.69) is 38.9 Å². The van der Waals surface area contributed by atoms with Crippen LogP contribution in [0.25, 0.3) is 11.4 Å². The minimum atomic E-state index is -0.0381. The monoisotopic (exact) mass is 305 g/mol. The Labute approximate surface area is 116 Å². The number of nitrogens with two attached hydrogens (primary N) is 1. The standard InChI is InChI=1S/C14H16BrN3/c1-8-4-5-11(6-13(8)15)14-17-7-12(9(2)16)10(3)18-14/h4-7,9H,16H2,1-3H3. The van der Waals surface area contributed by atoms with Crippen molar-refractivity contribution in [2.45, 2.75) is 26.8 Å². The summed E-state index contributed by atoms with van der Waals surface area (Å²) in [7, 11) is 0. The number of halogens is 1. The van der Waals surface area contributed by atoms with Crippen molar-refractivity contribution in [1.29, 1.82) is 0 Å². The molecular formula is C14H16BrN3. The molecule has 2 N–H and O–H groups in total. The zero-order chi connectivity index (χ0) is 13.3. The second-order valence-corrected chi connectivity index (χ2v) is 5.34. The van der Waals surface area contributed by atoms with Gasteiger partial charge in [0.2, 0.25) is 0 Å². The molecule has 1 aromatic carbocycles. The molecule has 0 saturated heterocycles. The Balaban J connectivity index is 2.45. The van der Waals surface area contributed by atoms with Gasteiger partial charge in [-0.1, -0.05) is 28.1 Å². The summed E-state index contributed by atoms with van der Waals surface area (Å²) in [5.74, 6) is 0.734. The second kappa shape index (κ2) is 5.16. The van der Waals surface area contributed by atoms with Gasteiger partial charge in [0, 0.05) is 33.5 Å². The molecular weight excluding hydrogens is 290 g/mol. The van der Waals surface area contributed by atoms with Gasteiger partial charge in [-0.15, -0.1) is 0 Å².